The molecule has 148 valence electrons. The number of esters is 1. The Kier molecular flexibility index (Phi) is 4.55. The number of carbonyl (C=O) groups excluding carboxylic acids is 1. The van der Waals surface area contributed by atoms with Gasteiger partial charge in [0, 0.05) is 37.6 Å². The summed E-state index contributed by atoms with van der Waals surface area (Å²) in [5.74, 6) is 0.353. The molecule has 1 fully saturated rings. The van der Waals surface area contributed by atoms with Crippen molar-refractivity contribution in [3.63, 3.8) is 0 Å². The van der Waals surface area contributed by atoms with Crippen molar-refractivity contribution in [1.82, 2.24) is 4.31 Å². The molecule has 0 aromatic heterocycles. The molecule has 1 saturated heterocycles. The molecule has 4 rings (SSSR count). The maximum Gasteiger partial charge on any atom is 0.339 e. The summed E-state index contributed by atoms with van der Waals surface area (Å²) < 4.78 is 44.0. The highest BCUT2D eigenvalue weighted by Crippen LogP contribution is 2.45. The normalized spacial score (nSPS) is 18.6. The fraction of sp³-hybridized carbons (Fsp3) is 0.350. The largest absolute Gasteiger partial charge is 0.497 e. The number of nitrogens with zero attached hydrogens (tertiary/aromatic N) is 1. The van der Waals surface area contributed by atoms with Crippen LogP contribution in [-0.4, -0.2) is 46.0 Å². The maximum absolute atomic E-state index is 13.2. The van der Waals surface area contributed by atoms with E-state index in [2.05, 4.69) is 0 Å². The van der Waals surface area contributed by atoms with Crippen molar-refractivity contribution in [3.8, 4) is 11.5 Å². The molecule has 7 nitrogen and oxygen atoms in total. The Hall–Kier alpha value is -2.58. The topological polar surface area (TPSA) is 82.1 Å². The van der Waals surface area contributed by atoms with Crippen molar-refractivity contribution in [2.45, 2.75) is 23.3 Å². The van der Waals surface area contributed by atoms with Crippen LogP contribution in [0.4, 0.5) is 0 Å². The van der Waals surface area contributed by atoms with Crippen molar-refractivity contribution in [3.05, 3.63) is 53.6 Å². The number of rotatable bonds is 4. The Morgan fingerprint density at radius 3 is 2.43 bits per heavy atom. The quantitative estimate of drug-likeness (QED) is 0.730. The van der Waals surface area contributed by atoms with Gasteiger partial charge in [0.2, 0.25) is 10.0 Å². The van der Waals surface area contributed by atoms with Crippen molar-refractivity contribution in [2.24, 2.45) is 0 Å². The number of sulfonamides is 1. The lowest BCUT2D eigenvalue weighted by atomic mass is 9.84. The zero-order chi connectivity index (χ0) is 19.9. The molecule has 2 aliphatic heterocycles. The average molecular weight is 403 g/mol. The monoisotopic (exact) mass is 403 g/mol. The van der Waals surface area contributed by atoms with E-state index in [4.69, 9.17) is 14.2 Å². The molecule has 0 unspecified atom stereocenters. The van der Waals surface area contributed by atoms with E-state index < -0.39 is 15.6 Å². The third kappa shape index (κ3) is 2.84. The Morgan fingerprint density at radius 2 is 1.75 bits per heavy atom. The number of benzene rings is 2. The lowest BCUT2D eigenvalue weighted by Crippen LogP contribution is -2.45. The second kappa shape index (κ2) is 6.79. The van der Waals surface area contributed by atoms with Crippen LogP contribution in [0.5, 0.6) is 11.5 Å². The highest BCUT2D eigenvalue weighted by Gasteiger charge is 2.48. The molecule has 8 heteroatoms. The summed E-state index contributed by atoms with van der Waals surface area (Å²) in [6, 6.07) is 12.0. The fourth-order valence-corrected chi connectivity index (χ4v) is 5.54. The summed E-state index contributed by atoms with van der Waals surface area (Å²) in [4.78, 5) is 12.3. The molecule has 2 aliphatic rings. The molecule has 0 aliphatic carbocycles. The minimum absolute atomic E-state index is 0.0640. The van der Waals surface area contributed by atoms with Crippen LogP contribution in [-0.2, 0) is 20.4 Å². The van der Waals surface area contributed by atoms with Gasteiger partial charge in [0.15, 0.2) is 0 Å². The van der Waals surface area contributed by atoms with Gasteiger partial charge in [0.05, 0.1) is 19.8 Å². The van der Waals surface area contributed by atoms with Crippen LogP contribution in [0.25, 0.3) is 0 Å². The van der Waals surface area contributed by atoms with Crippen LogP contribution in [0.2, 0.25) is 0 Å². The lowest BCUT2D eigenvalue weighted by molar-refractivity contribution is -0.0329. The Labute approximate surface area is 163 Å². The number of piperidine rings is 1. The molecule has 1 spiro atoms. The number of methoxy groups -OCH3 is 2. The van der Waals surface area contributed by atoms with Gasteiger partial charge in [-0.15, -0.1) is 0 Å². The summed E-state index contributed by atoms with van der Waals surface area (Å²) in [7, 11) is -0.874. The lowest BCUT2D eigenvalue weighted by Gasteiger charge is -2.38. The van der Waals surface area contributed by atoms with E-state index in [0.29, 0.717) is 24.2 Å². The number of carbonyl (C=O) groups is 1. The second-order valence-corrected chi connectivity index (χ2v) is 8.76. The summed E-state index contributed by atoms with van der Waals surface area (Å²) >= 11 is 0. The highest BCUT2D eigenvalue weighted by atomic mass is 32.2. The van der Waals surface area contributed by atoms with Crippen LogP contribution in [0.15, 0.2) is 47.4 Å². The standard InChI is InChI=1S/C20H21NO6S/c1-25-14-7-8-17(26-2)18(13-14)28(23,24)21-11-9-20(10-12-21)16-6-4-3-5-15(16)19(22)27-20/h3-8,13H,9-12H2,1-2H3. The molecule has 0 amide bonds. The molecular weight excluding hydrogens is 382 g/mol. The minimum Gasteiger partial charge on any atom is -0.497 e. The first-order chi connectivity index (χ1) is 13.4. The molecule has 0 saturated carbocycles. The van der Waals surface area contributed by atoms with Crippen LogP contribution < -0.4 is 9.47 Å². The number of hydrogen-bond acceptors (Lipinski definition) is 6. The average Bonchev–Trinajstić information content (AvgIpc) is 2.99. The van der Waals surface area contributed by atoms with Crippen molar-refractivity contribution >= 4 is 16.0 Å². The number of hydrogen-bond donors (Lipinski definition) is 0. The summed E-state index contributed by atoms with van der Waals surface area (Å²) in [5, 5.41) is 0. The number of fused-ring (bicyclic) bond motifs is 2. The second-order valence-electron chi connectivity index (χ2n) is 6.85. The Morgan fingerprint density at radius 1 is 1.04 bits per heavy atom. The van der Waals surface area contributed by atoms with E-state index in [9.17, 15) is 13.2 Å². The van der Waals surface area contributed by atoms with E-state index in [0.717, 1.165) is 5.56 Å². The number of ether oxygens (including phenoxy) is 3. The van der Waals surface area contributed by atoms with Gasteiger partial charge in [-0.3, -0.25) is 0 Å². The van der Waals surface area contributed by atoms with E-state index in [1.165, 1.54) is 24.6 Å². The maximum atomic E-state index is 13.2. The Balaban J connectivity index is 1.62. The zero-order valence-corrected chi connectivity index (χ0v) is 16.5. The predicted molar refractivity (Wildman–Crippen MR) is 101 cm³/mol. The van der Waals surface area contributed by atoms with Crippen LogP contribution in [0.3, 0.4) is 0 Å². The van der Waals surface area contributed by atoms with Crippen LogP contribution >= 0.6 is 0 Å². The van der Waals surface area contributed by atoms with Gasteiger partial charge in [-0.25, -0.2) is 13.2 Å². The van der Waals surface area contributed by atoms with Gasteiger partial charge in [-0.05, 0) is 18.2 Å². The van der Waals surface area contributed by atoms with Gasteiger partial charge in [-0.1, -0.05) is 18.2 Å². The van der Waals surface area contributed by atoms with Crippen molar-refractivity contribution < 1.29 is 27.4 Å². The molecule has 2 aromatic rings. The molecule has 28 heavy (non-hydrogen) atoms. The summed E-state index contributed by atoms with van der Waals surface area (Å²) in [6.07, 6.45) is 0.808. The minimum atomic E-state index is -3.79. The molecule has 0 bridgehead atoms. The first kappa shape index (κ1) is 18.8. The van der Waals surface area contributed by atoms with Crippen LogP contribution in [0, 0.1) is 0 Å². The van der Waals surface area contributed by atoms with E-state index in [1.54, 1.807) is 24.3 Å². The van der Waals surface area contributed by atoms with E-state index in [-0.39, 0.29) is 29.7 Å². The van der Waals surface area contributed by atoms with Gasteiger partial charge in [-0.2, -0.15) is 4.31 Å². The summed E-state index contributed by atoms with van der Waals surface area (Å²) in [6.45, 7) is 0.481. The van der Waals surface area contributed by atoms with Crippen LogP contribution in [0.1, 0.15) is 28.8 Å². The fourth-order valence-electron chi connectivity index (χ4n) is 3.93. The zero-order valence-electron chi connectivity index (χ0n) is 15.7. The van der Waals surface area contributed by atoms with E-state index >= 15 is 0 Å². The highest BCUT2D eigenvalue weighted by molar-refractivity contribution is 7.89. The van der Waals surface area contributed by atoms with Gasteiger partial charge in [0.25, 0.3) is 0 Å². The van der Waals surface area contributed by atoms with Gasteiger partial charge < -0.3 is 14.2 Å². The SMILES string of the molecule is COc1ccc(OC)c(S(=O)(=O)N2CCC3(CC2)OC(=O)c2ccccc23)c1. The molecule has 0 radical (unpaired) electrons. The molecule has 2 heterocycles. The molecule has 0 atom stereocenters. The van der Waals surface area contributed by atoms with Gasteiger partial charge in [0.1, 0.15) is 22.0 Å². The molecular formula is C20H21NO6S. The molecule has 2 aromatic carbocycles. The Bertz CT molecular complexity index is 1020. The van der Waals surface area contributed by atoms with Crippen molar-refractivity contribution in [2.75, 3.05) is 27.3 Å². The predicted octanol–water partition coefficient (Wildman–Crippen LogP) is 2.55. The third-order valence-electron chi connectivity index (χ3n) is 5.44. The first-order valence-corrected chi connectivity index (χ1v) is 10.4. The van der Waals surface area contributed by atoms with Gasteiger partial charge >= 0.3 is 5.97 Å². The van der Waals surface area contributed by atoms with E-state index in [1.807, 2.05) is 12.1 Å². The summed E-state index contributed by atoms with van der Waals surface area (Å²) in [5.41, 5.74) is 0.655. The van der Waals surface area contributed by atoms with Crippen molar-refractivity contribution in [1.29, 1.82) is 0 Å². The molecule has 0 N–H and O–H groups in total. The third-order valence-corrected chi connectivity index (χ3v) is 7.36. The smallest absolute Gasteiger partial charge is 0.339 e. The first-order valence-electron chi connectivity index (χ1n) is 8.96.